The van der Waals surface area contributed by atoms with E-state index >= 15 is 8.78 Å². The Kier molecular flexibility index (Phi) is 7.39. The van der Waals surface area contributed by atoms with Crippen LogP contribution in [-0.4, -0.2) is 46.8 Å². The van der Waals surface area contributed by atoms with Crippen LogP contribution in [-0.2, 0) is 26.5 Å². The molecule has 2 aromatic heterocycles. The molecule has 3 heterocycles. The van der Waals surface area contributed by atoms with Gasteiger partial charge in [0.2, 0.25) is 5.82 Å². The third-order valence-electron chi connectivity index (χ3n) is 8.05. The number of carbonyl (C=O) groups is 1. The first-order valence-corrected chi connectivity index (χ1v) is 15.9. The maximum Gasteiger partial charge on any atom is 0.303 e. The molecule has 0 unspecified atom stereocenters. The summed E-state index contributed by atoms with van der Waals surface area (Å²) in [5.74, 6) is -4.73. The first-order valence-electron chi connectivity index (χ1n) is 14.0. The number of aromatic amines is 2. The van der Waals surface area contributed by atoms with Crippen LogP contribution in [0.2, 0.25) is 0 Å². The molecule has 45 heavy (non-hydrogen) atoms. The van der Waals surface area contributed by atoms with E-state index in [0.717, 1.165) is 23.4 Å². The Morgan fingerprint density at radius 3 is 2.67 bits per heavy atom. The number of hydrogen-bond donors (Lipinski definition) is 3. The number of imidazole rings is 1. The molecule has 234 valence electrons. The Morgan fingerprint density at radius 2 is 1.93 bits per heavy atom. The second-order valence-electron chi connectivity index (χ2n) is 11.4. The predicted molar refractivity (Wildman–Crippen MR) is 159 cm³/mol. The van der Waals surface area contributed by atoms with Gasteiger partial charge < -0.3 is 24.5 Å². The number of benzene rings is 3. The number of nitrogens with one attached hydrogen (secondary N) is 2. The van der Waals surface area contributed by atoms with Crippen molar-refractivity contribution in [2.45, 2.75) is 49.5 Å². The second kappa shape index (κ2) is 11.0. The number of carboxylic acid groups (broad SMARTS) is 1. The largest absolute Gasteiger partial charge is 0.490 e. The van der Waals surface area contributed by atoms with Crippen molar-refractivity contribution in [3.8, 4) is 28.6 Å². The molecule has 1 aliphatic heterocycles. The number of sulfone groups is 1. The van der Waals surface area contributed by atoms with E-state index in [-0.39, 0.29) is 47.0 Å². The molecule has 13 heteroatoms. The maximum atomic E-state index is 15.2. The quantitative estimate of drug-likeness (QED) is 0.162. The molecule has 0 aliphatic carbocycles. The van der Waals surface area contributed by atoms with Gasteiger partial charge >= 0.3 is 5.97 Å². The van der Waals surface area contributed by atoms with E-state index < -0.39 is 49.3 Å². The van der Waals surface area contributed by atoms with Crippen LogP contribution < -0.4 is 9.47 Å². The van der Waals surface area contributed by atoms with E-state index in [1.54, 1.807) is 6.20 Å². The fourth-order valence-electron chi connectivity index (χ4n) is 6.01. The SMILES string of the molecule is C[C@@H]1C[C@@](C)(c2c[nH]c(-c3cc(Oc4c(F)c(F)c5[nH]ccc5c4S(C)(=O)=O)ccc3F)n2)c2cccc(CCC(=O)O)c2O1. The number of fused-ring (bicyclic) bond motifs is 2. The maximum absolute atomic E-state index is 15.2. The monoisotopic (exact) mass is 639 g/mol. The highest BCUT2D eigenvalue weighted by Gasteiger charge is 2.41. The molecule has 5 aromatic rings. The van der Waals surface area contributed by atoms with Crippen molar-refractivity contribution >= 4 is 26.7 Å². The predicted octanol–water partition coefficient (Wildman–Crippen LogP) is 6.67. The molecule has 0 saturated carbocycles. The van der Waals surface area contributed by atoms with E-state index in [1.165, 1.54) is 24.4 Å². The summed E-state index contributed by atoms with van der Waals surface area (Å²) in [5, 5.41) is 9.11. The minimum absolute atomic E-state index is 0.0533. The number of aryl methyl sites for hydroxylation is 1. The zero-order valence-corrected chi connectivity index (χ0v) is 25.2. The van der Waals surface area contributed by atoms with Crippen molar-refractivity contribution in [2.75, 3.05) is 6.26 Å². The van der Waals surface area contributed by atoms with E-state index in [1.807, 2.05) is 32.0 Å². The standard InChI is InChI=1S/C32H28F3N3O6S/c1-16-14-32(2,21-6-4-5-17(28(21)43-16)7-10-24(39)40)23-15-37-31(38-23)20-13-18(8-9-22(20)33)44-29-26(35)25(34)27-19(11-12-36-27)30(29)45(3,41)42/h4-6,8-9,11-13,15-16,36H,7,10,14H2,1-3H3,(H,37,38)(H,39,40)/t16-,32-/m1/s1. The number of aliphatic carboxylic acids is 1. The van der Waals surface area contributed by atoms with Crippen LogP contribution >= 0.6 is 0 Å². The molecule has 2 atom stereocenters. The molecule has 0 bridgehead atoms. The molecule has 0 amide bonds. The van der Waals surface area contributed by atoms with Crippen LogP contribution in [0.15, 0.2) is 59.8 Å². The van der Waals surface area contributed by atoms with Gasteiger partial charge in [-0.15, -0.1) is 0 Å². The van der Waals surface area contributed by atoms with Crippen LogP contribution in [0.1, 0.15) is 43.5 Å². The van der Waals surface area contributed by atoms with Crippen LogP contribution in [0.3, 0.4) is 0 Å². The summed E-state index contributed by atoms with van der Waals surface area (Å²) in [6, 6.07) is 10.3. The van der Waals surface area contributed by atoms with Crippen molar-refractivity contribution in [1.82, 2.24) is 15.0 Å². The number of hydrogen-bond acceptors (Lipinski definition) is 6. The van der Waals surface area contributed by atoms with Gasteiger partial charge in [0.25, 0.3) is 0 Å². The molecular weight excluding hydrogens is 611 g/mol. The Labute approximate surface area is 256 Å². The van der Waals surface area contributed by atoms with Gasteiger partial charge in [-0.3, -0.25) is 4.79 Å². The normalized spacial score (nSPS) is 18.0. The molecule has 3 N–H and O–H groups in total. The molecule has 6 rings (SSSR count). The molecule has 0 spiro atoms. The van der Waals surface area contributed by atoms with Crippen molar-refractivity contribution in [2.24, 2.45) is 0 Å². The van der Waals surface area contributed by atoms with Crippen molar-refractivity contribution < 1.29 is 41.0 Å². The first kappa shape index (κ1) is 30.3. The van der Waals surface area contributed by atoms with Crippen molar-refractivity contribution in [1.29, 1.82) is 0 Å². The van der Waals surface area contributed by atoms with Crippen LogP contribution in [0, 0.1) is 17.5 Å². The first-order chi connectivity index (χ1) is 21.3. The molecule has 0 radical (unpaired) electrons. The summed E-state index contributed by atoms with van der Waals surface area (Å²) in [4.78, 5) is 20.9. The van der Waals surface area contributed by atoms with Gasteiger partial charge in [-0.1, -0.05) is 18.2 Å². The highest BCUT2D eigenvalue weighted by atomic mass is 32.2. The van der Waals surface area contributed by atoms with E-state index in [0.29, 0.717) is 17.9 Å². The minimum Gasteiger partial charge on any atom is -0.490 e. The summed E-state index contributed by atoms with van der Waals surface area (Å²) >= 11 is 0. The number of ether oxygens (including phenoxy) is 2. The number of nitrogens with zero attached hydrogens (tertiary/aromatic N) is 1. The number of aromatic nitrogens is 3. The Hall–Kier alpha value is -4.78. The molecule has 0 saturated heterocycles. The van der Waals surface area contributed by atoms with Gasteiger partial charge in [0, 0.05) is 41.4 Å². The molecular formula is C32H28F3N3O6S. The topological polar surface area (TPSA) is 134 Å². The average molecular weight is 640 g/mol. The lowest BCUT2D eigenvalue weighted by Crippen LogP contribution is -2.36. The Bertz CT molecular complexity index is 2090. The Morgan fingerprint density at radius 1 is 1.16 bits per heavy atom. The molecule has 9 nitrogen and oxygen atoms in total. The highest BCUT2D eigenvalue weighted by Crippen LogP contribution is 2.47. The lowest BCUT2D eigenvalue weighted by atomic mass is 9.73. The van der Waals surface area contributed by atoms with Crippen LogP contribution in [0.4, 0.5) is 13.2 Å². The number of carboxylic acids is 1. The summed E-state index contributed by atoms with van der Waals surface area (Å²) in [5.41, 5.74) is 1.07. The van der Waals surface area contributed by atoms with Gasteiger partial charge in [0.1, 0.15) is 28.0 Å². The van der Waals surface area contributed by atoms with Crippen LogP contribution in [0.25, 0.3) is 22.3 Å². The third-order valence-corrected chi connectivity index (χ3v) is 9.20. The van der Waals surface area contributed by atoms with Crippen LogP contribution in [0.5, 0.6) is 17.2 Å². The summed E-state index contributed by atoms with van der Waals surface area (Å²) < 4.78 is 82.3. The fraction of sp³-hybridized carbons (Fsp3) is 0.250. The van der Waals surface area contributed by atoms with Gasteiger partial charge in [0.15, 0.2) is 21.4 Å². The molecule has 3 aromatic carbocycles. The zero-order chi connectivity index (χ0) is 32.3. The summed E-state index contributed by atoms with van der Waals surface area (Å²) in [6.07, 6.45) is 4.29. The Balaban J connectivity index is 1.39. The smallest absolute Gasteiger partial charge is 0.303 e. The molecule has 0 fully saturated rings. The second-order valence-corrected chi connectivity index (χ2v) is 13.3. The lowest BCUT2D eigenvalue weighted by molar-refractivity contribution is -0.136. The number of para-hydroxylation sites is 1. The average Bonchev–Trinajstić information content (AvgIpc) is 3.66. The zero-order valence-electron chi connectivity index (χ0n) is 24.4. The number of H-pyrrole nitrogens is 2. The van der Waals surface area contributed by atoms with Gasteiger partial charge in [0.05, 0.1) is 22.9 Å². The lowest BCUT2D eigenvalue weighted by Gasteiger charge is -2.39. The fourth-order valence-corrected chi connectivity index (χ4v) is 7.05. The van der Waals surface area contributed by atoms with E-state index in [9.17, 15) is 22.7 Å². The number of halogens is 3. The number of rotatable bonds is 8. The van der Waals surface area contributed by atoms with Gasteiger partial charge in [-0.05, 0) is 56.5 Å². The van der Waals surface area contributed by atoms with Gasteiger partial charge in [-0.25, -0.2) is 22.2 Å². The minimum atomic E-state index is -4.10. The van der Waals surface area contributed by atoms with E-state index in [4.69, 9.17) is 14.5 Å². The van der Waals surface area contributed by atoms with Gasteiger partial charge in [-0.2, -0.15) is 4.39 Å². The summed E-state index contributed by atoms with van der Waals surface area (Å²) in [7, 11) is -4.10. The molecule has 1 aliphatic rings. The van der Waals surface area contributed by atoms with Crippen molar-refractivity contribution in [3.05, 3.63) is 89.1 Å². The van der Waals surface area contributed by atoms with E-state index in [2.05, 4.69) is 9.97 Å². The highest BCUT2D eigenvalue weighted by molar-refractivity contribution is 7.91. The summed E-state index contributed by atoms with van der Waals surface area (Å²) in [6.45, 7) is 3.88. The third kappa shape index (κ3) is 5.30. The van der Waals surface area contributed by atoms with Crippen molar-refractivity contribution in [3.63, 3.8) is 0 Å².